The van der Waals surface area contributed by atoms with Crippen molar-refractivity contribution >= 4 is 28.3 Å². The van der Waals surface area contributed by atoms with Crippen LogP contribution in [-0.2, 0) is 11.3 Å². The molecule has 3 aromatic carbocycles. The average Bonchev–Trinajstić information content (AvgIpc) is 3.38. The highest BCUT2D eigenvalue weighted by Gasteiger charge is 2.33. The van der Waals surface area contributed by atoms with E-state index in [0.29, 0.717) is 55.7 Å². The second kappa shape index (κ2) is 6.88. The number of carbonyl (C=O) groups is 1. The van der Waals surface area contributed by atoms with Gasteiger partial charge in [-0.2, -0.15) is 0 Å². The molecule has 3 aromatic rings. The monoisotopic (exact) mass is 428 g/mol. The fraction of sp³-hybridized carbons (Fsp3) is 0.227. The average molecular weight is 429 g/mol. The highest BCUT2D eigenvalue weighted by atomic mass is 35.5. The molecule has 0 aliphatic carbocycles. The second-order valence-corrected chi connectivity index (χ2v) is 7.14. The Hall–Kier alpha value is -3.32. The van der Waals surface area contributed by atoms with E-state index in [9.17, 15) is 4.79 Å². The van der Waals surface area contributed by atoms with Crippen LogP contribution >= 0.6 is 11.6 Å². The number of esters is 1. The van der Waals surface area contributed by atoms with Crippen LogP contribution < -0.4 is 23.7 Å². The molecule has 0 fully saturated rings. The standard InChI is InChI=1S/C22H17ClO7/c1-25-19-17-12(18(23)20(26-2)21(19)27-3)6-11-8-28-22(24)16(11)15(17)10-4-5-13-14(7-10)30-9-29-13/h4-7H,8-9H2,1-3H3. The highest BCUT2D eigenvalue weighted by molar-refractivity contribution is 6.38. The lowest BCUT2D eigenvalue weighted by Crippen LogP contribution is -2.03. The third kappa shape index (κ3) is 2.48. The van der Waals surface area contributed by atoms with Crippen molar-refractivity contribution in [2.45, 2.75) is 6.61 Å². The maximum absolute atomic E-state index is 12.7. The Morgan fingerprint density at radius 2 is 1.60 bits per heavy atom. The van der Waals surface area contributed by atoms with Crippen molar-refractivity contribution in [3.8, 4) is 39.9 Å². The second-order valence-electron chi connectivity index (χ2n) is 6.77. The van der Waals surface area contributed by atoms with Gasteiger partial charge in [0, 0.05) is 21.9 Å². The van der Waals surface area contributed by atoms with Crippen molar-refractivity contribution in [2.75, 3.05) is 28.1 Å². The lowest BCUT2D eigenvalue weighted by molar-refractivity contribution is 0.0535. The van der Waals surface area contributed by atoms with Crippen LogP contribution in [0.1, 0.15) is 15.9 Å². The van der Waals surface area contributed by atoms with Crippen LogP contribution in [0, 0.1) is 0 Å². The Kier molecular flexibility index (Phi) is 4.29. The van der Waals surface area contributed by atoms with Crippen molar-refractivity contribution < 1.29 is 33.2 Å². The van der Waals surface area contributed by atoms with Gasteiger partial charge in [0.2, 0.25) is 12.5 Å². The lowest BCUT2D eigenvalue weighted by atomic mass is 9.89. The van der Waals surface area contributed by atoms with E-state index in [1.807, 2.05) is 18.2 Å². The van der Waals surface area contributed by atoms with Crippen LogP contribution in [0.15, 0.2) is 24.3 Å². The van der Waals surface area contributed by atoms with E-state index in [1.165, 1.54) is 21.3 Å². The van der Waals surface area contributed by atoms with Gasteiger partial charge in [0.25, 0.3) is 0 Å². The Labute approximate surface area is 176 Å². The van der Waals surface area contributed by atoms with E-state index < -0.39 is 5.97 Å². The molecule has 0 bridgehead atoms. The minimum atomic E-state index is -0.410. The van der Waals surface area contributed by atoms with Gasteiger partial charge in [0.05, 0.1) is 31.9 Å². The van der Waals surface area contributed by atoms with Crippen molar-refractivity contribution in [2.24, 2.45) is 0 Å². The minimum absolute atomic E-state index is 0.147. The zero-order valence-corrected chi connectivity index (χ0v) is 17.2. The van der Waals surface area contributed by atoms with E-state index >= 15 is 0 Å². The molecule has 0 amide bonds. The number of carbonyl (C=O) groups excluding carboxylic acids is 1. The fourth-order valence-corrected chi connectivity index (χ4v) is 4.36. The first-order chi connectivity index (χ1) is 14.6. The first-order valence-electron chi connectivity index (χ1n) is 9.13. The van der Waals surface area contributed by atoms with Gasteiger partial charge in [-0.25, -0.2) is 4.79 Å². The van der Waals surface area contributed by atoms with Gasteiger partial charge in [-0.05, 0) is 23.8 Å². The number of rotatable bonds is 4. The Balaban J connectivity index is 1.97. The molecule has 0 saturated carbocycles. The summed E-state index contributed by atoms with van der Waals surface area (Å²) < 4.78 is 33.1. The molecule has 0 radical (unpaired) electrons. The third-order valence-corrected chi connectivity index (χ3v) is 5.70. The summed E-state index contributed by atoms with van der Waals surface area (Å²) in [4.78, 5) is 12.7. The molecule has 0 aromatic heterocycles. The Morgan fingerprint density at radius 3 is 2.33 bits per heavy atom. The van der Waals surface area contributed by atoms with Crippen LogP contribution in [0.25, 0.3) is 21.9 Å². The van der Waals surface area contributed by atoms with Crippen molar-refractivity contribution in [3.05, 3.63) is 40.4 Å². The SMILES string of the molecule is COc1c(OC)c(OC)c2c(-c3ccc4c(c3)OCO4)c3c(cc2c1Cl)COC3=O. The number of hydrogen-bond donors (Lipinski definition) is 0. The summed E-state index contributed by atoms with van der Waals surface area (Å²) >= 11 is 6.71. The first kappa shape index (κ1) is 18.7. The number of methoxy groups -OCH3 is 3. The molecule has 2 heterocycles. The summed E-state index contributed by atoms with van der Waals surface area (Å²) in [6, 6.07) is 7.32. The molecule has 0 spiro atoms. The first-order valence-corrected chi connectivity index (χ1v) is 9.51. The van der Waals surface area contributed by atoms with E-state index in [0.717, 1.165) is 11.1 Å². The summed E-state index contributed by atoms with van der Waals surface area (Å²) in [6.07, 6.45) is 0. The molecule has 7 nitrogen and oxygen atoms in total. The largest absolute Gasteiger partial charge is 0.492 e. The molecule has 2 aliphatic heterocycles. The number of ether oxygens (including phenoxy) is 6. The van der Waals surface area contributed by atoms with Gasteiger partial charge in [-0.1, -0.05) is 17.7 Å². The minimum Gasteiger partial charge on any atom is -0.492 e. The molecule has 0 unspecified atom stereocenters. The molecule has 154 valence electrons. The molecule has 2 aliphatic rings. The van der Waals surface area contributed by atoms with Gasteiger partial charge >= 0.3 is 5.97 Å². The molecule has 0 atom stereocenters. The van der Waals surface area contributed by atoms with Crippen molar-refractivity contribution in [3.63, 3.8) is 0 Å². The number of benzene rings is 3. The topological polar surface area (TPSA) is 72.5 Å². The Bertz CT molecular complexity index is 1220. The molecule has 30 heavy (non-hydrogen) atoms. The normalized spacial score (nSPS) is 13.9. The fourth-order valence-electron chi connectivity index (χ4n) is 4.05. The van der Waals surface area contributed by atoms with Gasteiger partial charge < -0.3 is 28.4 Å². The van der Waals surface area contributed by atoms with E-state index in [2.05, 4.69) is 0 Å². The molecule has 8 heteroatoms. The van der Waals surface area contributed by atoms with Gasteiger partial charge in [-0.15, -0.1) is 0 Å². The Morgan fingerprint density at radius 1 is 0.867 bits per heavy atom. The van der Waals surface area contributed by atoms with Crippen molar-refractivity contribution in [1.29, 1.82) is 0 Å². The van der Waals surface area contributed by atoms with Crippen LogP contribution in [0.3, 0.4) is 0 Å². The number of cyclic esters (lactones) is 1. The van der Waals surface area contributed by atoms with E-state index in [4.69, 9.17) is 40.0 Å². The highest BCUT2D eigenvalue weighted by Crippen LogP contribution is 2.54. The molecule has 0 saturated heterocycles. The maximum atomic E-state index is 12.7. The van der Waals surface area contributed by atoms with Crippen LogP contribution in [-0.4, -0.2) is 34.1 Å². The molecule has 5 rings (SSSR count). The summed E-state index contributed by atoms with van der Waals surface area (Å²) in [5, 5.41) is 1.64. The summed E-state index contributed by atoms with van der Waals surface area (Å²) in [5.74, 6) is 1.92. The lowest BCUT2D eigenvalue weighted by Gasteiger charge is -2.20. The molecule has 0 N–H and O–H groups in total. The smallest absolute Gasteiger partial charge is 0.339 e. The quantitative estimate of drug-likeness (QED) is 0.563. The van der Waals surface area contributed by atoms with Gasteiger partial charge in [-0.3, -0.25) is 0 Å². The van der Waals surface area contributed by atoms with Crippen molar-refractivity contribution in [1.82, 2.24) is 0 Å². The maximum Gasteiger partial charge on any atom is 0.339 e. The zero-order chi connectivity index (χ0) is 21.0. The summed E-state index contributed by atoms with van der Waals surface area (Å²) in [6.45, 7) is 0.309. The summed E-state index contributed by atoms with van der Waals surface area (Å²) in [5.41, 5.74) is 2.56. The number of hydrogen-bond acceptors (Lipinski definition) is 7. The van der Waals surface area contributed by atoms with E-state index in [1.54, 1.807) is 6.07 Å². The molecular weight excluding hydrogens is 412 g/mol. The number of fused-ring (bicyclic) bond motifs is 3. The van der Waals surface area contributed by atoms with Gasteiger partial charge in [0.15, 0.2) is 23.0 Å². The zero-order valence-electron chi connectivity index (χ0n) is 16.5. The molecular formula is C22H17ClO7. The van der Waals surface area contributed by atoms with Gasteiger partial charge in [0.1, 0.15) is 6.61 Å². The summed E-state index contributed by atoms with van der Waals surface area (Å²) in [7, 11) is 4.54. The predicted molar refractivity (Wildman–Crippen MR) is 109 cm³/mol. The number of halogens is 1. The third-order valence-electron chi connectivity index (χ3n) is 5.32. The predicted octanol–water partition coefficient (Wildman–Crippen LogP) is 4.59. The van der Waals surface area contributed by atoms with E-state index in [-0.39, 0.29) is 13.4 Å². The van der Waals surface area contributed by atoms with Crippen LogP contribution in [0.2, 0.25) is 5.02 Å². The van der Waals surface area contributed by atoms with Crippen LogP contribution in [0.5, 0.6) is 28.7 Å². The van der Waals surface area contributed by atoms with Crippen LogP contribution in [0.4, 0.5) is 0 Å².